The first kappa shape index (κ1) is 13.8. The second kappa shape index (κ2) is 6.05. The monoisotopic (exact) mass is 285 g/mol. The van der Waals surface area contributed by atoms with Crippen LogP contribution >= 0.6 is 0 Å². The molecule has 0 unspecified atom stereocenters. The van der Waals surface area contributed by atoms with Gasteiger partial charge in [0.25, 0.3) is 0 Å². The third kappa shape index (κ3) is 2.95. The van der Waals surface area contributed by atoms with Gasteiger partial charge in [-0.3, -0.25) is 0 Å². The van der Waals surface area contributed by atoms with E-state index in [0.717, 1.165) is 24.3 Å². The zero-order valence-corrected chi connectivity index (χ0v) is 12.3. The summed E-state index contributed by atoms with van der Waals surface area (Å²) in [5, 5.41) is 7.09. The molecule has 0 atom stereocenters. The molecule has 1 N–H and O–H groups in total. The highest BCUT2D eigenvalue weighted by atomic mass is 16.5. The first-order chi connectivity index (χ1) is 10.3. The van der Waals surface area contributed by atoms with E-state index in [1.54, 1.807) is 0 Å². The minimum Gasteiger partial charge on any atom is -0.338 e. The fraction of sp³-hybridized carbons (Fsp3) is 0.400. The molecule has 0 bridgehead atoms. The molecule has 3 aromatic rings. The Hall–Kier alpha value is -2.21. The first-order valence-corrected chi connectivity index (χ1v) is 7.22. The van der Waals surface area contributed by atoms with Crippen molar-refractivity contribution in [2.45, 2.75) is 39.9 Å². The Morgan fingerprint density at radius 2 is 2.05 bits per heavy atom. The molecule has 1 aromatic carbocycles. The third-order valence-corrected chi connectivity index (χ3v) is 3.31. The maximum atomic E-state index is 5.09. The largest absolute Gasteiger partial charge is 0.338 e. The van der Waals surface area contributed by atoms with Gasteiger partial charge in [0.05, 0.1) is 24.1 Å². The van der Waals surface area contributed by atoms with E-state index in [-0.39, 0.29) is 0 Å². The SMILES string of the molecule is CCCn1c(CNCc2nc(C)no2)nc2ccccc21. The van der Waals surface area contributed by atoms with Crippen LogP contribution in [0.3, 0.4) is 0 Å². The third-order valence-electron chi connectivity index (χ3n) is 3.31. The summed E-state index contributed by atoms with van der Waals surface area (Å²) >= 11 is 0. The van der Waals surface area contributed by atoms with Gasteiger partial charge in [-0.25, -0.2) is 4.98 Å². The molecule has 2 heterocycles. The maximum absolute atomic E-state index is 5.09. The van der Waals surface area contributed by atoms with E-state index in [0.29, 0.717) is 24.8 Å². The average Bonchev–Trinajstić information content (AvgIpc) is 3.04. The van der Waals surface area contributed by atoms with Crippen LogP contribution in [0.5, 0.6) is 0 Å². The summed E-state index contributed by atoms with van der Waals surface area (Å²) < 4.78 is 7.35. The van der Waals surface area contributed by atoms with Crippen LogP contribution in [0.2, 0.25) is 0 Å². The van der Waals surface area contributed by atoms with Crippen LogP contribution in [0, 0.1) is 6.92 Å². The van der Waals surface area contributed by atoms with Gasteiger partial charge in [-0.15, -0.1) is 0 Å². The molecule has 0 radical (unpaired) electrons. The summed E-state index contributed by atoms with van der Waals surface area (Å²) in [5.74, 6) is 2.30. The molecule has 0 fully saturated rings. The summed E-state index contributed by atoms with van der Waals surface area (Å²) in [6.07, 6.45) is 1.08. The molecule has 0 aliphatic carbocycles. The lowest BCUT2D eigenvalue weighted by Gasteiger charge is -2.07. The number of hydrogen-bond acceptors (Lipinski definition) is 5. The molecule has 21 heavy (non-hydrogen) atoms. The van der Waals surface area contributed by atoms with E-state index < -0.39 is 0 Å². The van der Waals surface area contributed by atoms with Crippen molar-refractivity contribution in [1.29, 1.82) is 0 Å². The molecule has 0 saturated heterocycles. The van der Waals surface area contributed by atoms with Crippen molar-refractivity contribution >= 4 is 11.0 Å². The Morgan fingerprint density at radius 1 is 1.19 bits per heavy atom. The standard InChI is InChI=1S/C15H19N5O/c1-3-8-20-13-7-5-4-6-12(13)18-14(20)9-16-10-15-17-11(2)19-21-15/h4-7,16H,3,8-10H2,1-2H3. The van der Waals surface area contributed by atoms with Gasteiger partial charge in [-0.05, 0) is 25.5 Å². The normalized spacial score (nSPS) is 11.3. The molecule has 0 aliphatic rings. The molecule has 6 nitrogen and oxygen atoms in total. The number of nitrogens with zero attached hydrogens (tertiary/aromatic N) is 4. The van der Waals surface area contributed by atoms with E-state index in [4.69, 9.17) is 9.51 Å². The fourth-order valence-corrected chi connectivity index (χ4v) is 2.43. The molecular weight excluding hydrogens is 266 g/mol. The van der Waals surface area contributed by atoms with Gasteiger partial charge in [-0.2, -0.15) is 4.98 Å². The number of para-hydroxylation sites is 2. The lowest BCUT2D eigenvalue weighted by molar-refractivity contribution is 0.363. The molecule has 0 spiro atoms. The molecule has 0 saturated carbocycles. The van der Waals surface area contributed by atoms with Gasteiger partial charge >= 0.3 is 0 Å². The zero-order chi connectivity index (χ0) is 14.7. The van der Waals surface area contributed by atoms with E-state index in [1.807, 2.05) is 19.1 Å². The summed E-state index contributed by atoms with van der Waals surface area (Å²) in [6.45, 7) is 6.18. The van der Waals surface area contributed by atoms with Crippen LogP contribution in [0.4, 0.5) is 0 Å². The Morgan fingerprint density at radius 3 is 2.81 bits per heavy atom. The highest BCUT2D eigenvalue weighted by Crippen LogP contribution is 2.16. The van der Waals surface area contributed by atoms with Gasteiger partial charge in [0.15, 0.2) is 5.82 Å². The number of aromatic nitrogens is 4. The Labute approximate surface area is 123 Å². The number of benzene rings is 1. The average molecular weight is 285 g/mol. The number of rotatable bonds is 6. The van der Waals surface area contributed by atoms with Crippen LogP contribution in [-0.4, -0.2) is 19.7 Å². The van der Waals surface area contributed by atoms with Crippen molar-refractivity contribution in [3.8, 4) is 0 Å². The predicted molar refractivity (Wildman–Crippen MR) is 79.6 cm³/mol. The molecule has 2 aromatic heterocycles. The molecule has 110 valence electrons. The Kier molecular flexibility index (Phi) is 3.96. The lowest BCUT2D eigenvalue weighted by Crippen LogP contribution is -2.17. The molecular formula is C15H19N5O. The van der Waals surface area contributed by atoms with Crippen molar-refractivity contribution in [2.75, 3.05) is 0 Å². The molecule has 0 aliphatic heterocycles. The minimum absolute atomic E-state index is 0.552. The number of nitrogens with one attached hydrogen (secondary N) is 1. The second-order valence-corrected chi connectivity index (χ2v) is 5.01. The van der Waals surface area contributed by atoms with Gasteiger partial charge in [0.2, 0.25) is 5.89 Å². The van der Waals surface area contributed by atoms with Gasteiger partial charge in [0.1, 0.15) is 5.82 Å². The zero-order valence-electron chi connectivity index (χ0n) is 12.3. The van der Waals surface area contributed by atoms with E-state index in [1.165, 1.54) is 5.52 Å². The number of fused-ring (bicyclic) bond motifs is 1. The van der Waals surface area contributed by atoms with Crippen LogP contribution in [0.15, 0.2) is 28.8 Å². The van der Waals surface area contributed by atoms with Crippen molar-refractivity contribution < 1.29 is 4.52 Å². The summed E-state index contributed by atoms with van der Waals surface area (Å²) in [7, 11) is 0. The predicted octanol–water partition coefficient (Wildman–Crippen LogP) is 2.43. The van der Waals surface area contributed by atoms with Crippen LogP contribution in [-0.2, 0) is 19.6 Å². The van der Waals surface area contributed by atoms with Crippen molar-refractivity contribution in [1.82, 2.24) is 25.0 Å². The molecule has 6 heteroatoms. The van der Waals surface area contributed by atoms with Gasteiger partial charge in [0, 0.05) is 6.54 Å². The summed E-state index contributed by atoms with van der Waals surface area (Å²) in [5.41, 5.74) is 2.22. The van der Waals surface area contributed by atoms with Gasteiger partial charge in [-0.1, -0.05) is 24.2 Å². The van der Waals surface area contributed by atoms with Crippen molar-refractivity contribution in [3.05, 3.63) is 41.8 Å². The van der Waals surface area contributed by atoms with E-state index in [9.17, 15) is 0 Å². The summed E-state index contributed by atoms with van der Waals surface area (Å²) in [6, 6.07) is 8.23. The highest BCUT2D eigenvalue weighted by Gasteiger charge is 2.10. The minimum atomic E-state index is 0.552. The lowest BCUT2D eigenvalue weighted by atomic mass is 10.3. The molecule has 3 rings (SSSR count). The molecule has 0 amide bonds. The number of imidazole rings is 1. The quantitative estimate of drug-likeness (QED) is 0.753. The van der Waals surface area contributed by atoms with Crippen molar-refractivity contribution in [3.63, 3.8) is 0 Å². The number of aryl methyl sites for hydroxylation is 2. The van der Waals surface area contributed by atoms with Crippen LogP contribution in [0.25, 0.3) is 11.0 Å². The smallest absolute Gasteiger partial charge is 0.240 e. The maximum Gasteiger partial charge on any atom is 0.240 e. The van der Waals surface area contributed by atoms with Crippen LogP contribution < -0.4 is 5.32 Å². The second-order valence-electron chi connectivity index (χ2n) is 5.01. The number of hydrogen-bond donors (Lipinski definition) is 1. The first-order valence-electron chi connectivity index (χ1n) is 7.22. The fourth-order valence-electron chi connectivity index (χ4n) is 2.43. The van der Waals surface area contributed by atoms with Gasteiger partial charge < -0.3 is 14.4 Å². The highest BCUT2D eigenvalue weighted by molar-refractivity contribution is 5.75. The topological polar surface area (TPSA) is 68.8 Å². The Bertz CT molecular complexity index is 731. The Balaban J connectivity index is 1.74. The van der Waals surface area contributed by atoms with E-state index >= 15 is 0 Å². The van der Waals surface area contributed by atoms with Crippen LogP contribution in [0.1, 0.15) is 30.9 Å². The van der Waals surface area contributed by atoms with E-state index in [2.05, 4.69) is 39.1 Å². The van der Waals surface area contributed by atoms with Crippen molar-refractivity contribution in [2.24, 2.45) is 0 Å². The summed E-state index contributed by atoms with van der Waals surface area (Å²) in [4.78, 5) is 8.88.